The van der Waals surface area contributed by atoms with E-state index in [0.717, 1.165) is 19.3 Å². The van der Waals surface area contributed by atoms with Crippen molar-refractivity contribution in [2.45, 2.75) is 134 Å². The number of benzene rings is 2. The van der Waals surface area contributed by atoms with Gasteiger partial charge < -0.3 is 10.6 Å². The Hall–Kier alpha value is -2.71. The minimum absolute atomic E-state index is 0.0296. The van der Waals surface area contributed by atoms with E-state index in [4.69, 9.17) is 0 Å². The molecule has 0 aliphatic carbocycles. The first kappa shape index (κ1) is 35.5. The largest absolute Gasteiger partial charge is 0.381 e. The van der Waals surface area contributed by atoms with Crippen LogP contribution in [0.1, 0.15) is 133 Å². The first-order valence-electron chi connectivity index (χ1n) is 16.0. The molecular weight excluding hydrogens is 548 g/mol. The SMILES string of the molecule is CCCCCCCCCCCCCCCCCC(C)Nc1cc(NC(=O)CC(=O)c2ccccc2)ccc1S(=O)(=O)O. The number of rotatable bonds is 23. The zero-order valence-corrected chi connectivity index (χ0v) is 26.5. The average molecular weight is 601 g/mol. The summed E-state index contributed by atoms with van der Waals surface area (Å²) in [5.41, 5.74) is 1.01. The molecular formula is C34H52N2O5S. The molecule has 0 heterocycles. The minimum atomic E-state index is -4.46. The number of hydrogen-bond acceptors (Lipinski definition) is 5. The molecule has 0 aliphatic heterocycles. The van der Waals surface area contributed by atoms with Crippen molar-refractivity contribution < 1.29 is 22.6 Å². The van der Waals surface area contributed by atoms with Crippen LogP contribution in [0.4, 0.5) is 11.4 Å². The van der Waals surface area contributed by atoms with E-state index in [2.05, 4.69) is 17.6 Å². The minimum Gasteiger partial charge on any atom is -0.381 e. The maximum Gasteiger partial charge on any atom is 0.296 e. The Morgan fingerprint density at radius 1 is 0.762 bits per heavy atom. The molecule has 2 aromatic rings. The molecule has 1 amide bonds. The van der Waals surface area contributed by atoms with Crippen LogP contribution in [0, 0.1) is 0 Å². The van der Waals surface area contributed by atoms with Crippen molar-refractivity contribution in [1.82, 2.24) is 0 Å². The summed E-state index contributed by atoms with van der Waals surface area (Å²) >= 11 is 0. The molecule has 2 aromatic carbocycles. The predicted octanol–water partition coefficient (Wildman–Crippen LogP) is 9.21. The lowest BCUT2D eigenvalue weighted by Crippen LogP contribution is -2.19. The molecule has 234 valence electrons. The van der Waals surface area contributed by atoms with Gasteiger partial charge in [-0.1, -0.05) is 134 Å². The monoisotopic (exact) mass is 600 g/mol. The number of ketones is 1. The van der Waals surface area contributed by atoms with Gasteiger partial charge in [-0.2, -0.15) is 8.42 Å². The summed E-state index contributed by atoms with van der Waals surface area (Å²) in [6, 6.07) is 12.7. The third kappa shape index (κ3) is 15.0. The molecule has 1 unspecified atom stereocenters. The van der Waals surface area contributed by atoms with Crippen molar-refractivity contribution >= 4 is 33.2 Å². The number of nitrogens with one attached hydrogen (secondary N) is 2. The Balaban J connectivity index is 1.69. The summed E-state index contributed by atoms with van der Waals surface area (Å²) < 4.78 is 33.6. The lowest BCUT2D eigenvalue weighted by atomic mass is 10.0. The number of anilines is 2. The highest BCUT2D eigenvalue weighted by Crippen LogP contribution is 2.27. The van der Waals surface area contributed by atoms with Crippen LogP contribution >= 0.6 is 0 Å². The summed E-state index contributed by atoms with van der Waals surface area (Å²) in [6.07, 6.45) is 20.1. The van der Waals surface area contributed by atoms with Crippen LogP contribution in [0.5, 0.6) is 0 Å². The van der Waals surface area contributed by atoms with Crippen LogP contribution in [0.3, 0.4) is 0 Å². The quantitative estimate of drug-likeness (QED) is 0.0507. The van der Waals surface area contributed by atoms with Crippen LogP contribution < -0.4 is 10.6 Å². The fourth-order valence-corrected chi connectivity index (χ4v) is 5.82. The van der Waals surface area contributed by atoms with Crippen molar-refractivity contribution in [3.63, 3.8) is 0 Å². The van der Waals surface area contributed by atoms with E-state index >= 15 is 0 Å². The Kier molecular flexibility index (Phi) is 17.1. The molecule has 2 rings (SSSR count). The summed E-state index contributed by atoms with van der Waals surface area (Å²) in [5, 5.41) is 5.85. The van der Waals surface area contributed by atoms with E-state index < -0.39 is 16.0 Å². The number of hydrogen-bond donors (Lipinski definition) is 3. The van der Waals surface area contributed by atoms with Gasteiger partial charge in [0.2, 0.25) is 5.91 Å². The van der Waals surface area contributed by atoms with Crippen molar-refractivity contribution in [2.24, 2.45) is 0 Å². The number of Topliss-reactive ketones (excluding diaryl/α,β-unsaturated/α-hetero) is 1. The lowest BCUT2D eigenvalue weighted by Gasteiger charge is -2.18. The standard InChI is InChI=1S/C34H52N2O5S/c1-3-4-5-6-7-8-9-10-11-12-13-14-15-16-18-21-28(2)35-31-26-30(24-25-33(31)42(39,40)41)36-34(38)27-32(37)29-22-19-17-20-23-29/h17,19-20,22-26,28,35H,3-16,18,21,27H2,1-2H3,(H,36,38)(H,39,40,41). The van der Waals surface area contributed by atoms with E-state index in [1.54, 1.807) is 30.3 Å². The van der Waals surface area contributed by atoms with Gasteiger partial charge in [0.15, 0.2) is 5.78 Å². The Bertz CT molecular complexity index is 1170. The number of amides is 1. The molecule has 0 fully saturated rings. The van der Waals surface area contributed by atoms with E-state index in [-0.39, 0.29) is 28.8 Å². The lowest BCUT2D eigenvalue weighted by molar-refractivity contribution is -0.115. The van der Waals surface area contributed by atoms with Crippen molar-refractivity contribution in [3.8, 4) is 0 Å². The Labute approximate surface area is 254 Å². The third-order valence-electron chi connectivity index (χ3n) is 7.60. The maximum atomic E-state index is 12.5. The van der Waals surface area contributed by atoms with E-state index in [9.17, 15) is 22.6 Å². The van der Waals surface area contributed by atoms with Crippen LogP contribution in [0.25, 0.3) is 0 Å². The summed E-state index contributed by atoms with van der Waals surface area (Å²) in [4.78, 5) is 24.6. The molecule has 8 heteroatoms. The molecule has 0 bridgehead atoms. The van der Waals surface area contributed by atoms with Crippen LogP contribution in [0.15, 0.2) is 53.4 Å². The van der Waals surface area contributed by atoms with Crippen molar-refractivity contribution in [2.75, 3.05) is 10.6 Å². The second-order valence-electron chi connectivity index (χ2n) is 11.5. The van der Waals surface area contributed by atoms with Gasteiger partial charge >= 0.3 is 0 Å². The molecule has 0 saturated carbocycles. The molecule has 0 radical (unpaired) electrons. The van der Waals surface area contributed by atoms with Crippen LogP contribution in [0.2, 0.25) is 0 Å². The number of carbonyl (C=O) groups excluding carboxylic acids is 2. The molecule has 42 heavy (non-hydrogen) atoms. The van der Waals surface area contributed by atoms with Crippen LogP contribution in [-0.2, 0) is 14.9 Å². The van der Waals surface area contributed by atoms with E-state index in [0.29, 0.717) is 11.3 Å². The highest BCUT2D eigenvalue weighted by Gasteiger charge is 2.19. The molecule has 7 nitrogen and oxygen atoms in total. The Morgan fingerprint density at radius 2 is 1.29 bits per heavy atom. The van der Waals surface area contributed by atoms with Gasteiger partial charge in [0, 0.05) is 17.3 Å². The van der Waals surface area contributed by atoms with Gasteiger partial charge in [-0.25, -0.2) is 0 Å². The fraction of sp³-hybridized carbons (Fsp3) is 0.588. The summed E-state index contributed by atoms with van der Waals surface area (Å²) in [7, 11) is -4.46. The van der Waals surface area contributed by atoms with Gasteiger partial charge in [0.1, 0.15) is 4.90 Å². The smallest absolute Gasteiger partial charge is 0.296 e. The molecule has 0 aliphatic rings. The molecule has 0 spiro atoms. The molecule has 0 aromatic heterocycles. The molecule has 3 N–H and O–H groups in total. The zero-order valence-electron chi connectivity index (χ0n) is 25.7. The van der Waals surface area contributed by atoms with E-state index in [1.165, 1.54) is 102 Å². The van der Waals surface area contributed by atoms with Crippen molar-refractivity contribution in [1.29, 1.82) is 0 Å². The molecule has 1 atom stereocenters. The van der Waals surface area contributed by atoms with Gasteiger partial charge in [-0.05, 0) is 31.5 Å². The first-order valence-corrected chi connectivity index (χ1v) is 17.4. The topological polar surface area (TPSA) is 113 Å². The van der Waals surface area contributed by atoms with Gasteiger partial charge in [-0.3, -0.25) is 14.1 Å². The zero-order chi connectivity index (χ0) is 30.6. The number of carbonyl (C=O) groups is 2. The van der Waals surface area contributed by atoms with Crippen LogP contribution in [-0.4, -0.2) is 30.7 Å². The molecule has 0 saturated heterocycles. The predicted molar refractivity (Wildman–Crippen MR) is 173 cm³/mol. The Morgan fingerprint density at radius 3 is 1.81 bits per heavy atom. The van der Waals surface area contributed by atoms with Gasteiger partial charge in [0.25, 0.3) is 10.1 Å². The fourth-order valence-electron chi connectivity index (χ4n) is 5.18. The van der Waals surface area contributed by atoms with Gasteiger partial charge in [-0.15, -0.1) is 0 Å². The van der Waals surface area contributed by atoms with Gasteiger partial charge in [0.05, 0.1) is 12.1 Å². The first-order chi connectivity index (χ1) is 20.2. The third-order valence-corrected chi connectivity index (χ3v) is 8.51. The maximum absolute atomic E-state index is 12.5. The second-order valence-corrected chi connectivity index (χ2v) is 12.9. The average Bonchev–Trinajstić information content (AvgIpc) is 2.95. The second kappa shape index (κ2) is 20.2. The number of unbranched alkanes of at least 4 members (excludes halogenated alkanes) is 14. The van der Waals surface area contributed by atoms with Crippen molar-refractivity contribution in [3.05, 3.63) is 54.1 Å². The highest BCUT2D eigenvalue weighted by molar-refractivity contribution is 7.86. The highest BCUT2D eigenvalue weighted by atomic mass is 32.2. The summed E-state index contributed by atoms with van der Waals surface area (Å²) in [5.74, 6) is -0.807. The summed E-state index contributed by atoms with van der Waals surface area (Å²) in [6.45, 7) is 4.23. The normalized spacial score (nSPS) is 12.2. The van der Waals surface area contributed by atoms with E-state index in [1.807, 2.05) is 6.92 Å².